The van der Waals surface area contributed by atoms with Crippen molar-refractivity contribution < 1.29 is 4.74 Å². The first-order chi connectivity index (χ1) is 6.91. The third-order valence-electron chi connectivity index (χ3n) is 3.23. The predicted octanol–water partition coefficient (Wildman–Crippen LogP) is 3.24. The quantitative estimate of drug-likeness (QED) is 0.730. The molecular formula is C13H27NO. The largest absolute Gasteiger partial charge is 0.376 e. The van der Waals surface area contributed by atoms with E-state index in [2.05, 4.69) is 20.8 Å². The normalized spacial score (nSPS) is 22.4. The van der Waals surface area contributed by atoms with Gasteiger partial charge in [0.05, 0.1) is 5.60 Å². The number of hydrogen-bond acceptors (Lipinski definition) is 2. The molecular weight excluding hydrogens is 186 g/mol. The molecule has 90 valence electrons. The average Bonchev–Trinajstić information content (AvgIpc) is 2.28. The predicted molar refractivity (Wildman–Crippen MR) is 64.9 cm³/mol. The molecule has 0 amide bonds. The topological polar surface area (TPSA) is 35.2 Å². The van der Waals surface area contributed by atoms with Crippen molar-refractivity contribution in [1.82, 2.24) is 0 Å². The molecule has 0 heterocycles. The van der Waals surface area contributed by atoms with Crippen molar-refractivity contribution >= 4 is 0 Å². The Labute approximate surface area is 94.6 Å². The molecule has 1 rings (SSSR count). The highest BCUT2D eigenvalue weighted by Gasteiger charge is 2.26. The van der Waals surface area contributed by atoms with E-state index in [1.807, 2.05) is 0 Å². The van der Waals surface area contributed by atoms with Gasteiger partial charge in [0.15, 0.2) is 0 Å². The van der Waals surface area contributed by atoms with E-state index < -0.39 is 0 Å². The Balaban J connectivity index is 2.28. The number of nitrogens with two attached hydrogens (primary N) is 1. The number of rotatable bonds is 3. The fraction of sp³-hybridized carbons (Fsp3) is 1.00. The fourth-order valence-corrected chi connectivity index (χ4v) is 2.24. The summed E-state index contributed by atoms with van der Waals surface area (Å²) in [5, 5.41) is 0. The monoisotopic (exact) mass is 213 g/mol. The molecule has 2 nitrogen and oxygen atoms in total. The summed E-state index contributed by atoms with van der Waals surface area (Å²) in [5.41, 5.74) is 6.44. The Morgan fingerprint density at radius 3 is 2.07 bits per heavy atom. The molecule has 0 aliphatic heterocycles. The molecule has 2 N–H and O–H groups in total. The van der Waals surface area contributed by atoms with Crippen LogP contribution >= 0.6 is 0 Å². The van der Waals surface area contributed by atoms with Crippen LogP contribution in [0.15, 0.2) is 0 Å². The van der Waals surface area contributed by atoms with Crippen molar-refractivity contribution in [3.8, 4) is 0 Å². The minimum atomic E-state index is -0.0267. The van der Waals surface area contributed by atoms with Crippen LogP contribution in [-0.2, 0) is 4.74 Å². The Kier molecular flexibility index (Phi) is 4.60. The lowest BCUT2D eigenvalue weighted by Gasteiger charge is -2.30. The zero-order chi connectivity index (χ0) is 11.4. The van der Waals surface area contributed by atoms with Gasteiger partial charge in [-0.2, -0.15) is 0 Å². The molecule has 0 saturated heterocycles. The first kappa shape index (κ1) is 13.0. The van der Waals surface area contributed by atoms with Crippen LogP contribution in [0, 0.1) is 0 Å². The van der Waals surface area contributed by atoms with Crippen LogP contribution < -0.4 is 5.73 Å². The van der Waals surface area contributed by atoms with E-state index in [9.17, 15) is 0 Å². The van der Waals surface area contributed by atoms with Gasteiger partial charge in [-0.05, 0) is 40.0 Å². The van der Waals surface area contributed by atoms with Gasteiger partial charge < -0.3 is 10.5 Å². The molecule has 1 saturated carbocycles. The lowest BCUT2D eigenvalue weighted by molar-refractivity contribution is -0.0122. The van der Waals surface area contributed by atoms with Crippen LogP contribution in [0.4, 0.5) is 0 Å². The van der Waals surface area contributed by atoms with Crippen molar-refractivity contribution in [2.24, 2.45) is 5.73 Å². The smallest absolute Gasteiger partial charge is 0.0598 e. The van der Waals surface area contributed by atoms with Crippen LogP contribution in [0.3, 0.4) is 0 Å². The van der Waals surface area contributed by atoms with Gasteiger partial charge in [0.2, 0.25) is 0 Å². The highest BCUT2D eigenvalue weighted by atomic mass is 16.5. The molecule has 0 aromatic carbocycles. The highest BCUT2D eigenvalue weighted by Crippen LogP contribution is 2.28. The first-order valence-electron chi connectivity index (χ1n) is 6.34. The molecule has 1 fully saturated rings. The fourth-order valence-electron chi connectivity index (χ4n) is 2.24. The summed E-state index contributed by atoms with van der Waals surface area (Å²) in [6.45, 7) is 7.11. The molecule has 0 bridgehead atoms. The van der Waals surface area contributed by atoms with E-state index in [4.69, 9.17) is 10.5 Å². The second-order valence-electron chi connectivity index (χ2n) is 5.99. The second-order valence-corrected chi connectivity index (χ2v) is 5.99. The molecule has 15 heavy (non-hydrogen) atoms. The van der Waals surface area contributed by atoms with Crippen LogP contribution in [0.25, 0.3) is 0 Å². The maximum atomic E-state index is 6.41. The van der Waals surface area contributed by atoms with Crippen LogP contribution in [0.2, 0.25) is 0 Å². The summed E-state index contributed by atoms with van der Waals surface area (Å²) in [6, 6.07) is 0. The van der Waals surface area contributed by atoms with Crippen molar-refractivity contribution in [2.45, 2.75) is 76.9 Å². The summed E-state index contributed by atoms with van der Waals surface area (Å²) in [5.74, 6) is 0. The maximum Gasteiger partial charge on any atom is 0.0598 e. The zero-order valence-corrected chi connectivity index (χ0v) is 10.6. The lowest BCUT2D eigenvalue weighted by atomic mass is 9.88. The first-order valence-corrected chi connectivity index (χ1v) is 6.34. The molecule has 1 aliphatic carbocycles. The van der Waals surface area contributed by atoms with E-state index >= 15 is 0 Å². The summed E-state index contributed by atoms with van der Waals surface area (Å²) in [4.78, 5) is 0. The Morgan fingerprint density at radius 2 is 1.60 bits per heavy atom. The molecule has 0 unspecified atom stereocenters. The van der Waals surface area contributed by atoms with E-state index in [0.29, 0.717) is 0 Å². The molecule has 1 aliphatic rings. The van der Waals surface area contributed by atoms with Crippen LogP contribution in [-0.4, -0.2) is 17.7 Å². The average molecular weight is 213 g/mol. The Bertz CT molecular complexity index is 175. The van der Waals surface area contributed by atoms with Crippen molar-refractivity contribution in [1.29, 1.82) is 0 Å². The second kappa shape index (κ2) is 5.31. The van der Waals surface area contributed by atoms with E-state index in [-0.39, 0.29) is 11.1 Å². The minimum Gasteiger partial charge on any atom is -0.376 e. The summed E-state index contributed by atoms with van der Waals surface area (Å²) in [6.07, 6.45) is 8.70. The van der Waals surface area contributed by atoms with Gasteiger partial charge in [-0.1, -0.05) is 25.7 Å². The van der Waals surface area contributed by atoms with Gasteiger partial charge in [-0.15, -0.1) is 0 Å². The van der Waals surface area contributed by atoms with Crippen LogP contribution in [0.5, 0.6) is 0 Å². The molecule has 0 atom stereocenters. The molecule has 0 radical (unpaired) electrons. The van der Waals surface area contributed by atoms with Gasteiger partial charge in [-0.25, -0.2) is 0 Å². The highest BCUT2D eigenvalue weighted by molar-refractivity contribution is 4.86. The number of hydrogen-bond donors (Lipinski definition) is 1. The third kappa shape index (κ3) is 5.53. The number of ether oxygens (including phenoxy) is 1. The van der Waals surface area contributed by atoms with Crippen molar-refractivity contribution in [3.05, 3.63) is 0 Å². The van der Waals surface area contributed by atoms with Gasteiger partial charge in [0.25, 0.3) is 0 Å². The Hall–Kier alpha value is -0.0800. The molecule has 0 aromatic rings. The van der Waals surface area contributed by atoms with Crippen molar-refractivity contribution in [3.63, 3.8) is 0 Å². The van der Waals surface area contributed by atoms with Gasteiger partial charge in [0.1, 0.15) is 0 Å². The third-order valence-corrected chi connectivity index (χ3v) is 3.23. The van der Waals surface area contributed by atoms with Crippen LogP contribution in [0.1, 0.15) is 65.7 Å². The van der Waals surface area contributed by atoms with Gasteiger partial charge >= 0.3 is 0 Å². The van der Waals surface area contributed by atoms with E-state index in [1.54, 1.807) is 0 Å². The van der Waals surface area contributed by atoms with Crippen molar-refractivity contribution in [2.75, 3.05) is 6.61 Å². The summed E-state index contributed by atoms with van der Waals surface area (Å²) >= 11 is 0. The molecule has 2 heteroatoms. The SMILES string of the molecule is CC(C)(C)OCCC1(N)CCCCCC1. The molecule has 0 spiro atoms. The zero-order valence-electron chi connectivity index (χ0n) is 10.6. The van der Waals surface area contributed by atoms with E-state index in [1.165, 1.54) is 38.5 Å². The maximum absolute atomic E-state index is 6.41. The lowest BCUT2D eigenvalue weighted by Crippen LogP contribution is -2.41. The standard InChI is InChI=1S/C13H27NO/c1-12(2,3)15-11-10-13(14)8-6-4-5-7-9-13/h4-11,14H2,1-3H3. The molecule has 0 aromatic heterocycles. The minimum absolute atomic E-state index is 0.0267. The summed E-state index contributed by atoms with van der Waals surface area (Å²) < 4.78 is 5.76. The van der Waals surface area contributed by atoms with Gasteiger partial charge in [-0.3, -0.25) is 0 Å². The Morgan fingerprint density at radius 1 is 1.07 bits per heavy atom. The van der Waals surface area contributed by atoms with Gasteiger partial charge in [0, 0.05) is 12.1 Å². The van der Waals surface area contributed by atoms with E-state index in [0.717, 1.165) is 13.0 Å². The summed E-state index contributed by atoms with van der Waals surface area (Å²) in [7, 11) is 0.